The van der Waals surface area contributed by atoms with E-state index in [0.717, 1.165) is 48.4 Å². The van der Waals surface area contributed by atoms with E-state index in [0.29, 0.717) is 17.5 Å². The molecule has 0 aliphatic carbocycles. The van der Waals surface area contributed by atoms with Crippen LogP contribution in [0.2, 0.25) is 0 Å². The monoisotopic (exact) mass is 386 g/mol. The zero-order valence-electron chi connectivity index (χ0n) is 16.2. The minimum absolute atomic E-state index is 0.000418. The number of nitrogens with zero attached hydrogens (tertiary/aromatic N) is 5. The number of anilines is 1. The Morgan fingerprint density at radius 2 is 1.86 bits per heavy atom. The Bertz CT molecular complexity index is 1090. The highest BCUT2D eigenvalue weighted by atomic mass is 16.3. The third kappa shape index (κ3) is 3.40. The van der Waals surface area contributed by atoms with Crippen LogP contribution in [0.3, 0.4) is 0 Å². The summed E-state index contributed by atoms with van der Waals surface area (Å²) in [6.07, 6.45) is 5.50. The van der Waals surface area contributed by atoms with Crippen LogP contribution in [0.25, 0.3) is 22.8 Å². The number of aromatic hydroxyl groups is 1. The molecule has 0 spiro atoms. The predicted octanol–water partition coefficient (Wildman–Crippen LogP) is 3.19. The van der Waals surface area contributed by atoms with Crippen molar-refractivity contribution >= 4 is 29.6 Å². The smallest absolute Gasteiger partial charge is 0.238 e. The predicted molar refractivity (Wildman–Crippen MR) is 116 cm³/mol. The first-order valence-corrected chi connectivity index (χ1v) is 9.71. The fourth-order valence-corrected chi connectivity index (χ4v) is 3.67. The molecule has 1 saturated heterocycles. The number of fused-ring (bicyclic) bond motifs is 1. The normalized spacial score (nSPS) is 17.8. The van der Waals surface area contributed by atoms with Gasteiger partial charge in [-0.1, -0.05) is 30.3 Å². The molecular formula is C22H22N6O. The third-order valence-electron chi connectivity index (χ3n) is 5.41. The molecule has 7 nitrogen and oxygen atoms in total. The Balaban J connectivity index is 1.45. The summed E-state index contributed by atoms with van der Waals surface area (Å²) >= 11 is 0. The van der Waals surface area contributed by atoms with Crippen molar-refractivity contribution in [1.82, 2.24) is 19.9 Å². The summed E-state index contributed by atoms with van der Waals surface area (Å²) < 4.78 is 0. The number of aromatic amines is 1. The van der Waals surface area contributed by atoms with E-state index in [2.05, 4.69) is 55.0 Å². The lowest BCUT2D eigenvalue weighted by Crippen LogP contribution is -2.44. The van der Waals surface area contributed by atoms with Crippen LogP contribution in [-0.2, 0) is 0 Å². The minimum atomic E-state index is 0.000418. The Morgan fingerprint density at radius 3 is 2.66 bits per heavy atom. The molecule has 7 heteroatoms. The van der Waals surface area contributed by atoms with Crippen LogP contribution in [0.5, 0.6) is 5.88 Å². The minimum Gasteiger partial charge on any atom is -0.492 e. The number of benzene rings is 1. The zero-order chi connectivity index (χ0) is 19.8. The maximum absolute atomic E-state index is 10.4. The number of nitrogens with one attached hydrogen (secondary N) is 1. The summed E-state index contributed by atoms with van der Waals surface area (Å²) in [5.74, 6) is 1.39. The molecule has 0 radical (unpaired) electrons. The average Bonchev–Trinajstić information content (AvgIpc) is 3.33. The van der Waals surface area contributed by atoms with Crippen molar-refractivity contribution in [2.75, 3.05) is 38.1 Å². The second-order valence-electron chi connectivity index (χ2n) is 7.41. The third-order valence-corrected chi connectivity index (χ3v) is 5.41. The summed E-state index contributed by atoms with van der Waals surface area (Å²) in [6.45, 7) is 3.72. The summed E-state index contributed by atoms with van der Waals surface area (Å²) in [6, 6.07) is 12.2. The fraction of sp³-hybridized carbons (Fsp3) is 0.227. The van der Waals surface area contributed by atoms with Gasteiger partial charge in [0.2, 0.25) is 11.8 Å². The number of aliphatic imine (C=N–C) groups is 1. The molecule has 2 aliphatic rings. The molecule has 0 bridgehead atoms. The van der Waals surface area contributed by atoms with Gasteiger partial charge in [-0.15, -0.1) is 0 Å². The first-order valence-electron chi connectivity index (χ1n) is 9.71. The maximum atomic E-state index is 10.4. The molecule has 0 atom stereocenters. The van der Waals surface area contributed by atoms with E-state index in [1.165, 1.54) is 0 Å². The van der Waals surface area contributed by atoms with Crippen LogP contribution in [0.15, 0.2) is 47.6 Å². The van der Waals surface area contributed by atoms with E-state index in [1.54, 1.807) is 6.21 Å². The van der Waals surface area contributed by atoms with Crippen molar-refractivity contribution in [2.24, 2.45) is 4.99 Å². The fourth-order valence-electron chi connectivity index (χ4n) is 3.67. The molecule has 3 aromatic rings. The van der Waals surface area contributed by atoms with E-state index in [-0.39, 0.29) is 5.88 Å². The van der Waals surface area contributed by atoms with E-state index in [9.17, 15) is 5.11 Å². The highest BCUT2D eigenvalue weighted by molar-refractivity contribution is 6.21. The molecule has 1 aromatic carbocycles. The summed E-state index contributed by atoms with van der Waals surface area (Å²) in [5, 5.41) is 10.4. The quantitative estimate of drug-likeness (QED) is 0.723. The van der Waals surface area contributed by atoms with Gasteiger partial charge in [0, 0.05) is 55.3 Å². The second kappa shape index (κ2) is 7.18. The summed E-state index contributed by atoms with van der Waals surface area (Å²) in [7, 11) is 2.11. The average molecular weight is 386 g/mol. The Hall–Kier alpha value is -3.45. The largest absolute Gasteiger partial charge is 0.492 e. The Morgan fingerprint density at radius 1 is 1.07 bits per heavy atom. The van der Waals surface area contributed by atoms with Gasteiger partial charge in [-0.25, -0.2) is 9.98 Å². The number of H-pyrrole nitrogens is 1. The molecule has 0 amide bonds. The molecule has 2 aliphatic heterocycles. The number of aromatic nitrogens is 3. The lowest BCUT2D eigenvalue weighted by atomic mass is 10.0. The molecule has 2 N–H and O–H groups in total. The number of piperazine rings is 1. The molecule has 5 rings (SSSR count). The van der Waals surface area contributed by atoms with Gasteiger partial charge >= 0.3 is 0 Å². The highest BCUT2D eigenvalue weighted by Crippen LogP contribution is 2.35. The van der Waals surface area contributed by atoms with Gasteiger partial charge in [-0.2, -0.15) is 4.98 Å². The number of imidazole rings is 1. The second-order valence-corrected chi connectivity index (χ2v) is 7.41. The van der Waals surface area contributed by atoms with Gasteiger partial charge in [0.1, 0.15) is 5.69 Å². The first-order chi connectivity index (χ1) is 14.2. The van der Waals surface area contributed by atoms with Crippen molar-refractivity contribution < 1.29 is 5.11 Å². The number of pyridine rings is 1. The van der Waals surface area contributed by atoms with Crippen molar-refractivity contribution in [3.05, 3.63) is 53.9 Å². The highest BCUT2D eigenvalue weighted by Gasteiger charge is 2.20. The van der Waals surface area contributed by atoms with Gasteiger partial charge in [-0.3, -0.25) is 0 Å². The molecule has 1 fully saturated rings. The Labute approximate surface area is 169 Å². The van der Waals surface area contributed by atoms with E-state index < -0.39 is 0 Å². The van der Waals surface area contributed by atoms with Crippen LogP contribution in [0.1, 0.15) is 11.3 Å². The van der Waals surface area contributed by atoms with Gasteiger partial charge in [0.15, 0.2) is 5.82 Å². The zero-order valence-corrected chi connectivity index (χ0v) is 16.2. The van der Waals surface area contributed by atoms with Gasteiger partial charge in [-0.05, 0) is 24.8 Å². The number of hydrogen-bond donors (Lipinski definition) is 2. The van der Waals surface area contributed by atoms with Crippen LogP contribution < -0.4 is 4.90 Å². The first kappa shape index (κ1) is 17.6. The molecule has 2 aromatic heterocycles. The Kier molecular flexibility index (Phi) is 4.37. The molecule has 29 heavy (non-hydrogen) atoms. The number of likely N-dealkylation sites (N-methyl/N-ethyl adjacent to an activating group) is 1. The van der Waals surface area contributed by atoms with Gasteiger partial charge < -0.3 is 19.9 Å². The maximum Gasteiger partial charge on any atom is 0.238 e. The van der Waals surface area contributed by atoms with Crippen molar-refractivity contribution in [3.63, 3.8) is 0 Å². The van der Waals surface area contributed by atoms with Crippen LogP contribution in [0.4, 0.5) is 11.8 Å². The van der Waals surface area contributed by atoms with Crippen molar-refractivity contribution in [1.29, 1.82) is 0 Å². The molecule has 146 valence electrons. The summed E-state index contributed by atoms with van der Waals surface area (Å²) in [5.41, 5.74) is 4.57. The van der Waals surface area contributed by atoms with Crippen LogP contribution >= 0.6 is 0 Å². The van der Waals surface area contributed by atoms with Crippen molar-refractivity contribution in [3.8, 4) is 17.0 Å². The standard InChI is InChI=1S/C22H22N6O/c1-27-7-9-28(10-8-27)22-25-19(21(29)26-22)12-17-14-24-20-18(17)11-16(13-23-20)15-5-3-2-4-6-15/h2-6,11-14,29H,7-10H2,1H3,(H,25,26). The number of allylic oxidation sites excluding steroid dienone is 1. The number of rotatable bonds is 3. The van der Waals surface area contributed by atoms with Crippen LogP contribution in [0, 0.1) is 0 Å². The van der Waals surface area contributed by atoms with Gasteiger partial charge in [0.25, 0.3) is 0 Å². The van der Waals surface area contributed by atoms with E-state index in [4.69, 9.17) is 0 Å². The molecular weight excluding hydrogens is 364 g/mol. The van der Waals surface area contributed by atoms with Gasteiger partial charge in [0.05, 0.1) is 0 Å². The van der Waals surface area contributed by atoms with E-state index >= 15 is 0 Å². The summed E-state index contributed by atoms with van der Waals surface area (Å²) in [4.78, 5) is 20.9. The topological polar surface area (TPSA) is 80.6 Å². The lowest BCUT2D eigenvalue weighted by molar-refractivity contribution is 0.311. The van der Waals surface area contributed by atoms with E-state index in [1.807, 2.05) is 30.5 Å². The SMILES string of the molecule is CN1CCN(c2nc(O)c(C=C3C=Nc4ncc(-c5ccccc5)cc43)[nH]2)CC1. The van der Waals surface area contributed by atoms with Crippen LogP contribution in [-0.4, -0.2) is 64.4 Å². The molecule has 0 saturated carbocycles. The molecule has 4 heterocycles. The number of hydrogen-bond acceptors (Lipinski definition) is 6. The lowest BCUT2D eigenvalue weighted by Gasteiger charge is -2.31. The van der Waals surface area contributed by atoms with Crippen molar-refractivity contribution in [2.45, 2.75) is 0 Å². The molecule has 0 unspecified atom stereocenters.